The number of carbonyl (C=O) groups excluding carboxylic acids is 2. The normalized spacial score (nSPS) is 11.5. The first kappa shape index (κ1) is 19.5. The van der Waals surface area contributed by atoms with E-state index in [0.717, 1.165) is 5.56 Å². The Labute approximate surface area is 168 Å². The lowest BCUT2D eigenvalue weighted by Crippen LogP contribution is -2.31. The smallest absolute Gasteiger partial charge is 0.253 e. The Balaban J connectivity index is 1.77. The molecule has 3 aromatic rings. The van der Waals surface area contributed by atoms with Crippen LogP contribution in [-0.4, -0.2) is 16.9 Å². The van der Waals surface area contributed by atoms with Crippen molar-refractivity contribution in [3.05, 3.63) is 95.0 Å². The molecule has 142 valence electrons. The quantitative estimate of drug-likeness (QED) is 0.574. The highest BCUT2D eigenvalue weighted by atomic mass is 35.5. The van der Waals surface area contributed by atoms with Crippen molar-refractivity contribution in [1.29, 1.82) is 0 Å². The van der Waals surface area contributed by atoms with Gasteiger partial charge < -0.3 is 15.7 Å². The third-order valence-electron chi connectivity index (χ3n) is 4.15. The highest BCUT2D eigenvalue weighted by Gasteiger charge is 2.20. The lowest BCUT2D eigenvalue weighted by Gasteiger charge is -2.19. The van der Waals surface area contributed by atoms with Crippen LogP contribution in [0.3, 0.4) is 0 Å². The van der Waals surface area contributed by atoms with Gasteiger partial charge in [0.25, 0.3) is 5.91 Å². The molecular weight excluding hydrogens is 376 g/mol. The molecule has 0 aromatic heterocycles. The molecular formula is C22H19ClN2O3. The molecule has 2 amide bonds. The third-order valence-corrected chi connectivity index (χ3v) is 4.47. The molecule has 0 heterocycles. The van der Waals surface area contributed by atoms with Crippen molar-refractivity contribution >= 4 is 29.1 Å². The van der Waals surface area contributed by atoms with E-state index in [0.29, 0.717) is 16.3 Å². The van der Waals surface area contributed by atoms with E-state index in [1.54, 1.807) is 36.4 Å². The van der Waals surface area contributed by atoms with Crippen molar-refractivity contribution in [3.8, 4) is 5.75 Å². The second-order valence-electron chi connectivity index (χ2n) is 6.22. The summed E-state index contributed by atoms with van der Waals surface area (Å²) in [4.78, 5) is 25.2. The van der Waals surface area contributed by atoms with E-state index >= 15 is 0 Å². The summed E-state index contributed by atoms with van der Waals surface area (Å²) >= 11 is 6.11. The average Bonchev–Trinajstić information content (AvgIpc) is 2.68. The number of rotatable bonds is 6. The van der Waals surface area contributed by atoms with Gasteiger partial charge in [-0.15, -0.1) is 0 Å². The number of carbonyl (C=O) groups is 2. The summed E-state index contributed by atoms with van der Waals surface area (Å²) in [5.41, 5.74) is 1.63. The Morgan fingerprint density at radius 3 is 2.36 bits per heavy atom. The zero-order valence-corrected chi connectivity index (χ0v) is 15.7. The molecule has 5 nitrogen and oxygen atoms in total. The Bertz CT molecular complexity index is 976. The second-order valence-corrected chi connectivity index (χ2v) is 6.63. The maximum atomic E-state index is 12.7. The molecule has 0 aliphatic rings. The summed E-state index contributed by atoms with van der Waals surface area (Å²) in [7, 11) is 0. The number of hydrogen-bond acceptors (Lipinski definition) is 3. The van der Waals surface area contributed by atoms with E-state index in [2.05, 4.69) is 10.6 Å². The topological polar surface area (TPSA) is 78.4 Å². The van der Waals surface area contributed by atoms with Gasteiger partial charge in [0.1, 0.15) is 5.75 Å². The van der Waals surface area contributed by atoms with Crippen LogP contribution in [-0.2, 0) is 4.79 Å². The zero-order chi connectivity index (χ0) is 19.9. The SMILES string of the molecule is O=C(CC(NC(=O)c1ccccc1Cl)c1ccccc1)Nc1cccc(O)c1. The molecule has 0 radical (unpaired) electrons. The van der Waals surface area contributed by atoms with Gasteiger partial charge in [-0.3, -0.25) is 9.59 Å². The minimum Gasteiger partial charge on any atom is -0.508 e. The number of anilines is 1. The molecule has 0 spiro atoms. The zero-order valence-electron chi connectivity index (χ0n) is 14.9. The van der Waals surface area contributed by atoms with E-state index < -0.39 is 6.04 Å². The van der Waals surface area contributed by atoms with Gasteiger partial charge in [0, 0.05) is 11.8 Å². The van der Waals surface area contributed by atoms with Crippen molar-refractivity contribution in [1.82, 2.24) is 5.32 Å². The molecule has 3 rings (SSSR count). The van der Waals surface area contributed by atoms with Crippen molar-refractivity contribution < 1.29 is 14.7 Å². The fraction of sp³-hybridized carbons (Fsp3) is 0.0909. The van der Waals surface area contributed by atoms with Gasteiger partial charge in [-0.2, -0.15) is 0 Å². The maximum absolute atomic E-state index is 12.7. The summed E-state index contributed by atoms with van der Waals surface area (Å²) in [6.07, 6.45) is 0.0237. The van der Waals surface area contributed by atoms with Gasteiger partial charge in [-0.1, -0.05) is 60.1 Å². The van der Waals surface area contributed by atoms with E-state index in [4.69, 9.17) is 11.6 Å². The number of nitrogens with one attached hydrogen (secondary N) is 2. The summed E-state index contributed by atoms with van der Waals surface area (Å²) in [6.45, 7) is 0. The van der Waals surface area contributed by atoms with Crippen molar-refractivity contribution in [2.75, 3.05) is 5.32 Å². The van der Waals surface area contributed by atoms with Crippen LogP contribution in [0.1, 0.15) is 28.4 Å². The highest BCUT2D eigenvalue weighted by Crippen LogP contribution is 2.22. The molecule has 3 N–H and O–H groups in total. The second kappa shape index (κ2) is 9.06. The van der Waals surface area contributed by atoms with Crippen molar-refractivity contribution in [2.45, 2.75) is 12.5 Å². The number of aromatic hydroxyl groups is 1. The predicted octanol–water partition coefficient (Wildman–Crippen LogP) is 4.55. The van der Waals surface area contributed by atoms with E-state index in [-0.39, 0.29) is 24.0 Å². The molecule has 0 saturated heterocycles. The van der Waals surface area contributed by atoms with Crippen LogP contribution in [0.5, 0.6) is 5.75 Å². The first-order valence-corrected chi connectivity index (χ1v) is 9.10. The van der Waals surface area contributed by atoms with Crippen molar-refractivity contribution in [2.24, 2.45) is 0 Å². The summed E-state index contributed by atoms with van der Waals surface area (Å²) in [5, 5.41) is 15.5. The third kappa shape index (κ3) is 5.11. The summed E-state index contributed by atoms with van der Waals surface area (Å²) in [6, 6.07) is 21.7. The standard InChI is InChI=1S/C22H19ClN2O3/c23-19-12-5-4-11-18(19)22(28)25-20(15-7-2-1-3-8-15)14-21(27)24-16-9-6-10-17(26)13-16/h1-13,20,26H,14H2,(H,24,27)(H,25,28). The molecule has 0 aliphatic carbocycles. The number of amides is 2. The van der Waals surface area contributed by atoms with Crippen LogP contribution >= 0.6 is 11.6 Å². The van der Waals surface area contributed by atoms with E-state index in [1.165, 1.54) is 12.1 Å². The monoisotopic (exact) mass is 394 g/mol. The molecule has 0 fully saturated rings. The van der Waals surface area contributed by atoms with Crippen LogP contribution < -0.4 is 10.6 Å². The van der Waals surface area contributed by atoms with Gasteiger partial charge >= 0.3 is 0 Å². The van der Waals surface area contributed by atoms with Crippen LogP contribution in [0.2, 0.25) is 5.02 Å². The van der Waals surface area contributed by atoms with Crippen molar-refractivity contribution in [3.63, 3.8) is 0 Å². The average molecular weight is 395 g/mol. The Morgan fingerprint density at radius 1 is 0.929 bits per heavy atom. The first-order valence-electron chi connectivity index (χ1n) is 8.72. The molecule has 1 atom stereocenters. The lowest BCUT2D eigenvalue weighted by molar-refractivity contribution is -0.116. The number of hydrogen-bond donors (Lipinski definition) is 3. The lowest BCUT2D eigenvalue weighted by atomic mass is 10.0. The summed E-state index contributed by atoms with van der Waals surface area (Å²) < 4.78 is 0. The van der Waals surface area contributed by atoms with Crippen LogP contribution in [0.4, 0.5) is 5.69 Å². The first-order chi connectivity index (χ1) is 13.5. The molecule has 1 unspecified atom stereocenters. The summed E-state index contributed by atoms with van der Waals surface area (Å²) in [5.74, 6) is -0.590. The van der Waals surface area contributed by atoms with Gasteiger partial charge in [0.15, 0.2) is 0 Å². The largest absolute Gasteiger partial charge is 0.508 e. The fourth-order valence-corrected chi connectivity index (χ4v) is 3.02. The number of benzene rings is 3. The Kier molecular flexibility index (Phi) is 6.29. The molecule has 28 heavy (non-hydrogen) atoms. The van der Waals surface area contributed by atoms with E-state index in [1.807, 2.05) is 30.3 Å². The predicted molar refractivity (Wildman–Crippen MR) is 109 cm³/mol. The molecule has 6 heteroatoms. The van der Waals surface area contributed by atoms with E-state index in [9.17, 15) is 14.7 Å². The maximum Gasteiger partial charge on any atom is 0.253 e. The Hall–Kier alpha value is -3.31. The molecule has 0 aliphatic heterocycles. The minimum absolute atomic E-state index is 0.0237. The van der Waals surface area contributed by atoms with Gasteiger partial charge in [0.05, 0.1) is 23.0 Å². The van der Waals surface area contributed by atoms with Crippen LogP contribution in [0.25, 0.3) is 0 Å². The number of phenolic OH excluding ortho intramolecular Hbond substituents is 1. The van der Waals surface area contributed by atoms with Gasteiger partial charge in [0.2, 0.25) is 5.91 Å². The minimum atomic E-state index is -0.540. The molecule has 3 aromatic carbocycles. The van der Waals surface area contributed by atoms with Crippen LogP contribution in [0, 0.1) is 0 Å². The fourth-order valence-electron chi connectivity index (χ4n) is 2.80. The molecule has 0 saturated carbocycles. The van der Waals surface area contributed by atoms with Gasteiger partial charge in [-0.25, -0.2) is 0 Å². The van der Waals surface area contributed by atoms with Gasteiger partial charge in [-0.05, 0) is 29.8 Å². The Morgan fingerprint density at radius 2 is 1.64 bits per heavy atom. The number of halogens is 1. The molecule has 0 bridgehead atoms. The van der Waals surface area contributed by atoms with Crippen LogP contribution in [0.15, 0.2) is 78.9 Å². The number of phenols is 1. The highest BCUT2D eigenvalue weighted by molar-refractivity contribution is 6.33.